The number of aromatic carboxylic acids is 1. The molecule has 1 aliphatic rings. The van der Waals surface area contributed by atoms with Crippen LogP contribution < -0.4 is 9.04 Å². The van der Waals surface area contributed by atoms with Crippen molar-refractivity contribution in [1.82, 2.24) is 4.98 Å². The summed E-state index contributed by atoms with van der Waals surface area (Å²) in [5.74, 6) is -1.13. The number of hydrogen-bond acceptors (Lipinski definition) is 5. The van der Waals surface area contributed by atoms with Crippen molar-refractivity contribution in [2.45, 2.75) is 4.90 Å². The minimum Gasteiger partial charge on any atom is -0.478 e. The normalized spacial score (nSPS) is 14.0. The zero-order chi connectivity index (χ0) is 16.6. The van der Waals surface area contributed by atoms with Crippen LogP contribution in [0.5, 0.6) is 5.88 Å². The molecule has 1 aromatic carbocycles. The highest BCUT2D eigenvalue weighted by molar-refractivity contribution is 7.92. The summed E-state index contributed by atoms with van der Waals surface area (Å²) >= 11 is 5.86. The van der Waals surface area contributed by atoms with Gasteiger partial charge in [0.05, 0.1) is 17.0 Å². The Labute approximate surface area is 137 Å². The molecule has 0 amide bonds. The highest BCUT2D eigenvalue weighted by Crippen LogP contribution is 2.34. The Morgan fingerprint density at radius 3 is 2.83 bits per heavy atom. The van der Waals surface area contributed by atoms with E-state index < -0.39 is 16.0 Å². The first-order chi connectivity index (χ1) is 10.9. The van der Waals surface area contributed by atoms with Crippen molar-refractivity contribution in [3.05, 3.63) is 47.1 Å². The van der Waals surface area contributed by atoms with Crippen molar-refractivity contribution < 1.29 is 23.1 Å². The molecule has 120 valence electrons. The first kappa shape index (κ1) is 15.6. The fourth-order valence-corrected chi connectivity index (χ4v) is 3.94. The first-order valence-corrected chi connectivity index (χ1v) is 8.36. The van der Waals surface area contributed by atoms with Gasteiger partial charge in [-0.05, 0) is 24.3 Å². The number of hydrogen-bond donors (Lipinski definition) is 1. The second kappa shape index (κ2) is 5.71. The number of carbonyl (C=O) groups is 1. The zero-order valence-electron chi connectivity index (χ0n) is 11.6. The van der Waals surface area contributed by atoms with E-state index in [0.717, 1.165) is 10.5 Å². The fourth-order valence-electron chi connectivity index (χ4n) is 2.20. The van der Waals surface area contributed by atoms with E-state index in [-0.39, 0.29) is 40.2 Å². The summed E-state index contributed by atoms with van der Waals surface area (Å²) < 4.78 is 32.0. The van der Waals surface area contributed by atoms with Crippen LogP contribution in [0.3, 0.4) is 0 Å². The molecule has 1 aromatic heterocycles. The third-order valence-corrected chi connectivity index (χ3v) is 5.31. The lowest BCUT2D eigenvalue weighted by Crippen LogP contribution is -2.38. The van der Waals surface area contributed by atoms with Crippen LogP contribution in [-0.2, 0) is 10.0 Å². The van der Waals surface area contributed by atoms with E-state index in [1.165, 1.54) is 24.3 Å². The SMILES string of the molecule is O=C(O)c1cnc2c(c1)N(S(=O)(=O)c1cccc(Cl)c1)CCO2. The van der Waals surface area contributed by atoms with Gasteiger partial charge in [0.25, 0.3) is 10.0 Å². The number of anilines is 1. The largest absolute Gasteiger partial charge is 0.478 e. The Morgan fingerprint density at radius 1 is 1.35 bits per heavy atom. The number of carboxylic acids is 1. The summed E-state index contributed by atoms with van der Waals surface area (Å²) in [5.41, 5.74) is -0.0309. The maximum absolute atomic E-state index is 12.8. The molecule has 0 unspecified atom stereocenters. The Balaban J connectivity index is 2.12. The van der Waals surface area contributed by atoms with E-state index in [0.29, 0.717) is 0 Å². The van der Waals surface area contributed by atoms with Gasteiger partial charge in [-0.3, -0.25) is 4.31 Å². The molecule has 0 atom stereocenters. The van der Waals surface area contributed by atoms with Gasteiger partial charge in [-0.15, -0.1) is 0 Å². The second-order valence-corrected chi connectivity index (χ2v) is 7.04. The third kappa shape index (κ3) is 2.82. The number of fused-ring (bicyclic) bond motifs is 1. The van der Waals surface area contributed by atoms with Gasteiger partial charge >= 0.3 is 5.97 Å². The summed E-state index contributed by atoms with van der Waals surface area (Å²) in [7, 11) is -3.90. The van der Waals surface area contributed by atoms with Crippen LogP contribution in [0.15, 0.2) is 41.4 Å². The molecule has 0 aliphatic carbocycles. The molecule has 2 aromatic rings. The maximum atomic E-state index is 12.8. The number of nitrogens with zero attached hydrogens (tertiary/aromatic N) is 2. The van der Waals surface area contributed by atoms with E-state index >= 15 is 0 Å². The molecular formula is C14H11ClN2O5S. The molecule has 9 heteroatoms. The summed E-state index contributed by atoms with van der Waals surface area (Å²) in [4.78, 5) is 15.0. The van der Waals surface area contributed by atoms with Crippen molar-refractivity contribution in [3.63, 3.8) is 0 Å². The number of sulfonamides is 1. The van der Waals surface area contributed by atoms with Crippen LogP contribution in [0, 0.1) is 0 Å². The zero-order valence-corrected chi connectivity index (χ0v) is 13.2. The van der Waals surface area contributed by atoms with Gasteiger partial charge in [0.15, 0.2) is 0 Å². The molecule has 0 radical (unpaired) electrons. The number of ether oxygens (including phenoxy) is 1. The van der Waals surface area contributed by atoms with Crippen LogP contribution in [0.1, 0.15) is 10.4 Å². The average molecular weight is 355 g/mol. The summed E-state index contributed by atoms with van der Waals surface area (Å²) in [6.45, 7) is 0.165. The third-order valence-electron chi connectivity index (χ3n) is 3.27. The van der Waals surface area contributed by atoms with Crippen LogP contribution in [0.25, 0.3) is 0 Å². The molecule has 2 heterocycles. The van der Waals surface area contributed by atoms with Gasteiger partial charge in [0.1, 0.15) is 12.3 Å². The van der Waals surface area contributed by atoms with Crippen LogP contribution in [0.2, 0.25) is 5.02 Å². The molecule has 7 nitrogen and oxygen atoms in total. The van der Waals surface area contributed by atoms with E-state index in [1.54, 1.807) is 6.07 Å². The average Bonchev–Trinajstić information content (AvgIpc) is 2.53. The highest BCUT2D eigenvalue weighted by atomic mass is 35.5. The Morgan fingerprint density at radius 2 is 2.13 bits per heavy atom. The molecule has 0 saturated carbocycles. The molecule has 0 bridgehead atoms. The number of pyridine rings is 1. The van der Waals surface area contributed by atoms with Crippen LogP contribution in [0.4, 0.5) is 5.69 Å². The highest BCUT2D eigenvalue weighted by Gasteiger charge is 2.31. The van der Waals surface area contributed by atoms with Crippen LogP contribution in [-0.4, -0.2) is 37.6 Å². The number of carboxylic acid groups (broad SMARTS) is 1. The minimum atomic E-state index is -3.90. The quantitative estimate of drug-likeness (QED) is 0.905. The monoisotopic (exact) mass is 354 g/mol. The number of aromatic nitrogens is 1. The molecular weight excluding hydrogens is 344 g/mol. The number of halogens is 1. The van der Waals surface area contributed by atoms with Gasteiger partial charge in [-0.1, -0.05) is 17.7 Å². The molecule has 23 heavy (non-hydrogen) atoms. The summed E-state index contributed by atoms with van der Waals surface area (Å²) in [5, 5.41) is 9.35. The number of benzene rings is 1. The predicted molar refractivity (Wildman–Crippen MR) is 82.7 cm³/mol. The standard InChI is InChI=1S/C14H11ClN2O5S/c15-10-2-1-3-11(7-10)23(20,21)17-4-5-22-13-12(17)6-9(8-16-13)14(18)19/h1-3,6-8H,4-5H2,(H,18,19). The molecule has 3 rings (SSSR count). The van der Waals surface area contributed by atoms with Crippen LogP contribution >= 0.6 is 11.6 Å². The lowest BCUT2D eigenvalue weighted by atomic mass is 10.2. The van der Waals surface area contributed by atoms with E-state index in [1.807, 2.05) is 0 Å². The summed E-state index contributed by atoms with van der Waals surface area (Å²) in [6.07, 6.45) is 1.12. The maximum Gasteiger partial charge on any atom is 0.337 e. The fraction of sp³-hybridized carbons (Fsp3) is 0.143. The van der Waals surface area contributed by atoms with Crippen molar-refractivity contribution in [3.8, 4) is 5.88 Å². The molecule has 0 fully saturated rings. The van der Waals surface area contributed by atoms with Crippen molar-refractivity contribution in [2.24, 2.45) is 0 Å². The van der Waals surface area contributed by atoms with Gasteiger partial charge in [-0.25, -0.2) is 18.2 Å². The number of rotatable bonds is 3. The van der Waals surface area contributed by atoms with Gasteiger partial charge in [-0.2, -0.15) is 0 Å². The van der Waals surface area contributed by atoms with Crippen molar-refractivity contribution in [1.29, 1.82) is 0 Å². The summed E-state index contributed by atoms with van der Waals surface area (Å²) in [6, 6.07) is 7.08. The van der Waals surface area contributed by atoms with Gasteiger partial charge < -0.3 is 9.84 Å². The van der Waals surface area contributed by atoms with Crippen molar-refractivity contribution >= 4 is 33.3 Å². The Bertz CT molecular complexity index is 884. The Kier molecular flexibility index (Phi) is 3.87. The minimum absolute atomic E-state index is 0.0126. The lowest BCUT2D eigenvalue weighted by molar-refractivity contribution is 0.0696. The molecule has 0 saturated heterocycles. The van der Waals surface area contributed by atoms with Crippen molar-refractivity contribution in [2.75, 3.05) is 17.5 Å². The topological polar surface area (TPSA) is 96.8 Å². The smallest absolute Gasteiger partial charge is 0.337 e. The van der Waals surface area contributed by atoms with Gasteiger partial charge in [0, 0.05) is 11.2 Å². The lowest BCUT2D eigenvalue weighted by Gasteiger charge is -2.29. The molecule has 1 aliphatic heterocycles. The first-order valence-electron chi connectivity index (χ1n) is 6.54. The molecule has 1 N–H and O–H groups in total. The van der Waals surface area contributed by atoms with E-state index in [9.17, 15) is 13.2 Å². The van der Waals surface area contributed by atoms with Gasteiger partial charge in [0.2, 0.25) is 5.88 Å². The van der Waals surface area contributed by atoms with E-state index in [4.69, 9.17) is 21.4 Å². The second-order valence-electron chi connectivity index (χ2n) is 4.74. The predicted octanol–water partition coefficient (Wildman–Crippen LogP) is 2.02. The van der Waals surface area contributed by atoms with E-state index in [2.05, 4.69) is 4.98 Å². The Hall–Kier alpha value is -2.32. The molecule has 0 spiro atoms.